The molecule has 0 spiro atoms. The van der Waals surface area contributed by atoms with Crippen LogP contribution in [0.4, 0.5) is 17.2 Å². The molecule has 2 aromatic carbocycles. The normalized spacial score (nSPS) is 12.3. The van der Waals surface area contributed by atoms with Crippen LogP contribution in [0.15, 0.2) is 48.5 Å². The van der Waals surface area contributed by atoms with E-state index in [9.17, 15) is 4.79 Å². The number of amides is 1. The van der Waals surface area contributed by atoms with Gasteiger partial charge in [-0.25, -0.2) is 9.97 Å². The van der Waals surface area contributed by atoms with Gasteiger partial charge in [0.1, 0.15) is 30.5 Å². The predicted octanol–water partition coefficient (Wildman–Crippen LogP) is 4.11. The summed E-state index contributed by atoms with van der Waals surface area (Å²) >= 11 is 0. The number of rotatable bonds is 5. The molecule has 1 aromatic heterocycles. The van der Waals surface area contributed by atoms with E-state index in [1.54, 1.807) is 31.2 Å². The molecule has 0 aliphatic carbocycles. The van der Waals surface area contributed by atoms with E-state index in [4.69, 9.17) is 9.47 Å². The molecular formula is C22H22N4O3. The first-order valence-corrected chi connectivity index (χ1v) is 9.53. The maximum atomic E-state index is 12.7. The molecule has 0 saturated carbocycles. The largest absolute Gasteiger partial charge is 0.486 e. The third kappa shape index (κ3) is 4.45. The summed E-state index contributed by atoms with van der Waals surface area (Å²) in [5, 5.41) is 6.08. The molecule has 29 heavy (non-hydrogen) atoms. The molecule has 1 aliphatic rings. The molecular weight excluding hydrogens is 368 g/mol. The van der Waals surface area contributed by atoms with Gasteiger partial charge < -0.3 is 20.1 Å². The third-order valence-electron chi connectivity index (χ3n) is 4.51. The second kappa shape index (κ2) is 8.18. The van der Waals surface area contributed by atoms with Crippen molar-refractivity contribution < 1.29 is 14.3 Å². The van der Waals surface area contributed by atoms with Crippen molar-refractivity contribution in [2.24, 2.45) is 0 Å². The average molecular weight is 390 g/mol. The van der Waals surface area contributed by atoms with E-state index >= 15 is 0 Å². The molecule has 1 aliphatic heterocycles. The fraction of sp³-hybridized carbons (Fsp3) is 0.227. The molecule has 0 atom stereocenters. The monoisotopic (exact) mass is 390 g/mol. The summed E-state index contributed by atoms with van der Waals surface area (Å²) in [4.78, 5) is 21.4. The van der Waals surface area contributed by atoms with E-state index in [1.165, 1.54) is 5.56 Å². The summed E-state index contributed by atoms with van der Waals surface area (Å²) in [7, 11) is 0. The van der Waals surface area contributed by atoms with Crippen molar-refractivity contribution in [2.45, 2.75) is 20.3 Å². The van der Waals surface area contributed by atoms with E-state index in [2.05, 4.69) is 39.7 Å². The van der Waals surface area contributed by atoms with Crippen molar-refractivity contribution in [1.29, 1.82) is 0 Å². The third-order valence-corrected chi connectivity index (χ3v) is 4.51. The molecule has 0 saturated heterocycles. The molecule has 7 heteroatoms. The number of aryl methyl sites for hydroxylation is 2. The number of carbonyl (C=O) groups is 1. The molecule has 7 nitrogen and oxygen atoms in total. The Labute approximate surface area is 169 Å². The van der Waals surface area contributed by atoms with Crippen molar-refractivity contribution in [3.05, 3.63) is 65.6 Å². The Hall–Kier alpha value is -3.61. The zero-order valence-corrected chi connectivity index (χ0v) is 16.4. The van der Waals surface area contributed by atoms with Crippen LogP contribution in [0.25, 0.3) is 0 Å². The summed E-state index contributed by atoms with van der Waals surface area (Å²) < 4.78 is 11.1. The topological polar surface area (TPSA) is 85.4 Å². The molecule has 0 unspecified atom stereocenters. The van der Waals surface area contributed by atoms with Gasteiger partial charge in [0.15, 0.2) is 11.5 Å². The highest BCUT2D eigenvalue weighted by Crippen LogP contribution is 2.32. The molecule has 0 fully saturated rings. The Morgan fingerprint density at radius 2 is 1.69 bits per heavy atom. The van der Waals surface area contributed by atoms with Gasteiger partial charge in [0.25, 0.3) is 5.91 Å². The lowest BCUT2D eigenvalue weighted by molar-refractivity contribution is 0.102. The Kier molecular flexibility index (Phi) is 5.29. The minimum Gasteiger partial charge on any atom is -0.486 e. The number of ether oxygens (including phenoxy) is 2. The molecule has 2 N–H and O–H groups in total. The fourth-order valence-electron chi connectivity index (χ4n) is 3.04. The first kappa shape index (κ1) is 18.7. The van der Waals surface area contributed by atoms with E-state index < -0.39 is 0 Å². The van der Waals surface area contributed by atoms with Gasteiger partial charge in [-0.3, -0.25) is 4.79 Å². The van der Waals surface area contributed by atoms with Gasteiger partial charge >= 0.3 is 0 Å². The molecule has 1 amide bonds. The number of aromatic nitrogens is 2. The summed E-state index contributed by atoms with van der Waals surface area (Å²) in [6.45, 7) is 4.88. The zero-order valence-electron chi connectivity index (χ0n) is 16.4. The first-order chi connectivity index (χ1) is 14.1. The van der Waals surface area contributed by atoms with Crippen molar-refractivity contribution in [3.8, 4) is 11.5 Å². The number of nitrogens with one attached hydrogen (secondary N) is 2. The highest BCUT2D eigenvalue weighted by atomic mass is 16.6. The Bertz CT molecular complexity index is 1030. The smallest absolute Gasteiger partial charge is 0.274 e. The van der Waals surface area contributed by atoms with Crippen molar-refractivity contribution in [2.75, 3.05) is 23.8 Å². The maximum Gasteiger partial charge on any atom is 0.274 e. The number of hydrogen-bond acceptors (Lipinski definition) is 6. The highest BCUT2D eigenvalue weighted by Gasteiger charge is 2.15. The fourth-order valence-corrected chi connectivity index (χ4v) is 3.04. The van der Waals surface area contributed by atoms with Crippen LogP contribution >= 0.6 is 0 Å². The first-order valence-electron chi connectivity index (χ1n) is 9.53. The number of hydrogen-bond donors (Lipinski definition) is 2. The standard InChI is InChI=1S/C22H22N4O3/c1-3-15-4-6-16(7-5-15)25-21-13-18(23-14(2)24-21)22(27)26-17-8-9-19-20(12-17)29-11-10-28-19/h4-9,12-13H,3,10-11H2,1-2H3,(H,26,27)(H,23,24,25). The lowest BCUT2D eigenvalue weighted by Gasteiger charge is -2.19. The second-order valence-corrected chi connectivity index (χ2v) is 6.67. The number of nitrogens with zero attached hydrogens (tertiary/aromatic N) is 2. The molecule has 2 heterocycles. The SMILES string of the molecule is CCc1ccc(Nc2cc(C(=O)Nc3ccc4c(c3)OCCO4)nc(C)n2)cc1. The van der Waals surface area contributed by atoms with Gasteiger partial charge in [-0.1, -0.05) is 19.1 Å². The second-order valence-electron chi connectivity index (χ2n) is 6.67. The van der Waals surface area contributed by atoms with Crippen molar-refractivity contribution in [3.63, 3.8) is 0 Å². The predicted molar refractivity (Wildman–Crippen MR) is 111 cm³/mol. The number of benzene rings is 2. The van der Waals surface area contributed by atoms with E-state index in [0.717, 1.165) is 12.1 Å². The van der Waals surface area contributed by atoms with Crippen LogP contribution < -0.4 is 20.1 Å². The highest BCUT2D eigenvalue weighted by molar-refractivity contribution is 6.03. The van der Waals surface area contributed by atoms with Crippen LogP contribution in [-0.4, -0.2) is 29.1 Å². The van der Waals surface area contributed by atoms with Crippen LogP contribution in [0, 0.1) is 6.92 Å². The summed E-state index contributed by atoms with van der Waals surface area (Å²) in [6.07, 6.45) is 0.983. The Morgan fingerprint density at radius 1 is 0.966 bits per heavy atom. The molecule has 3 aromatic rings. The van der Waals surface area contributed by atoms with Crippen LogP contribution in [0.3, 0.4) is 0 Å². The molecule has 4 rings (SSSR count). The minimum atomic E-state index is -0.323. The van der Waals surface area contributed by atoms with E-state index in [-0.39, 0.29) is 11.6 Å². The molecule has 0 radical (unpaired) electrons. The number of fused-ring (bicyclic) bond motifs is 1. The van der Waals surface area contributed by atoms with Crippen LogP contribution in [0.1, 0.15) is 28.8 Å². The van der Waals surface area contributed by atoms with Crippen LogP contribution in [0.5, 0.6) is 11.5 Å². The Morgan fingerprint density at radius 3 is 2.45 bits per heavy atom. The number of carbonyl (C=O) groups excluding carboxylic acids is 1. The van der Waals surface area contributed by atoms with Gasteiger partial charge in [0.2, 0.25) is 0 Å². The van der Waals surface area contributed by atoms with E-state index in [1.807, 2.05) is 12.1 Å². The van der Waals surface area contributed by atoms with Gasteiger partial charge in [-0.05, 0) is 43.2 Å². The maximum absolute atomic E-state index is 12.7. The van der Waals surface area contributed by atoms with Gasteiger partial charge in [0, 0.05) is 23.5 Å². The summed E-state index contributed by atoms with van der Waals surface area (Å²) in [5.74, 6) is 2.04. The minimum absolute atomic E-state index is 0.278. The quantitative estimate of drug-likeness (QED) is 0.682. The van der Waals surface area contributed by atoms with Gasteiger partial charge in [0.05, 0.1) is 0 Å². The van der Waals surface area contributed by atoms with Crippen LogP contribution in [-0.2, 0) is 6.42 Å². The van der Waals surface area contributed by atoms with E-state index in [0.29, 0.717) is 42.0 Å². The zero-order chi connectivity index (χ0) is 20.2. The van der Waals surface area contributed by atoms with Crippen molar-refractivity contribution in [1.82, 2.24) is 9.97 Å². The lowest BCUT2D eigenvalue weighted by Crippen LogP contribution is -2.17. The van der Waals surface area contributed by atoms with Crippen LogP contribution in [0.2, 0.25) is 0 Å². The summed E-state index contributed by atoms with van der Waals surface area (Å²) in [6, 6.07) is 15.0. The summed E-state index contributed by atoms with van der Waals surface area (Å²) in [5.41, 5.74) is 3.05. The molecule has 148 valence electrons. The van der Waals surface area contributed by atoms with Gasteiger partial charge in [-0.2, -0.15) is 0 Å². The lowest BCUT2D eigenvalue weighted by atomic mass is 10.1. The van der Waals surface area contributed by atoms with Gasteiger partial charge in [-0.15, -0.1) is 0 Å². The Balaban J connectivity index is 1.51. The molecule has 0 bridgehead atoms. The number of anilines is 3. The average Bonchev–Trinajstić information content (AvgIpc) is 2.74. The van der Waals surface area contributed by atoms with Crippen molar-refractivity contribution >= 4 is 23.1 Å².